The predicted octanol–water partition coefficient (Wildman–Crippen LogP) is 2.53. The van der Waals surface area contributed by atoms with Crippen molar-refractivity contribution in [3.63, 3.8) is 0 Å². The van der Waals surface area contributed by atoms with Crippen LogP contribution in [0.15, 0.2) is 6.07 Å². The molecule has 0 bridgehead atoms. The maximum Gasteiger partial charge on any atom is 0.195 e. The highest BCUT2D eigenvalue weighted by Gasteiger charge is 2.22. The maximum atomic E-state index is 13.7. The van der Waals surface area contributed by atoms with Crippen LogP contribution in [-0.4, -0.2) is 4.98 Å². The summed E-state index contributed by atoms with van der Waals surface area (Å²) in [6, 6.07) is 3.20. The molecule has 0 spiro atoms. The highest BCUT2D eigenvalue weighted by atomic mass is 19.2. The lowest BCUT2D eigenvalue weighted by atomic mass is 10.1. The van der Waals surface area contributed by atoms with Crippen LogP contribution in [0, 0.1) is 45.9 Å². The zero-order chi connectivity index (χ0) is 13.4. The molecule has 0 saturated carbocycles. The van der Waals surface area contributed by atoms with Gasteiger partial charge in [-0.3, -0.25) is 0 Å². The Morgan fingerprint density at radius 3 is 2.17 bits per heavy atom. The molecule has 0 N–H and O–H groups in total. The predicted molar refractivity (Wildman–Crippen MR) is 51.0 cm³/mol. The Morgan fingerprint density at radius 2 is 1.61 bits per heavy atom. The third kappa shape index (κ3) is 1.45. The molecule has 0 aliphatic heterocycles. The van der Waals surface area contributed by atoms with Crippen molar-refractivity contribution in [3.8, 4) is 12.1 Å². The minimum atomic E-state index is -1.86. The molecule has 0 fully saturated rings. The van der Waals surface area contributed by atoms with E-state index in [4.69, 9.17) is 10.5 Å². The minimum Gasteiger partial charge on any atom is -0.235 e. The maximum absolute atomic E-state index is 13.7. The highest BCUT2D eigenvalue weighted by molar-refractivity contribution is 5.82. The molecule has 0 amide bonds. The fraction of sp³-hybridized carbons (Fsp3) is 0. The fourth-order valence-corrected chi connectivity index (χ4v) is 1.47. The van der Waals surface area contributed by atoms with E-state index in [1.165, 1.54) is 12.1 Å². The van der Waals surface area contributed by atoms with Gasteiger partial charge in [0.15, 0.2) is 29.0 Å². The minimum absolute atomic E-state index is 0.457. The van der Waals surface area contributed by atoms with Crippen molar-refractivity contribution >= 4 is 10.9 Å². The topological polar surface area (TPSA) is 60.5 Å². The van der Waals surface area contributed by atoms with Crippen LogP contribution in [0.1, 0.15) is 11.3 Å². The van der Waals surface area contributed by atoms with E-state index in [0.29, 0.717) is 6.07 Å². The Kier molecular flexibility index (Phi) is 2.60. The molecule has 88 valence electrons. The Hall–Kier alpha value is -2.67. The number of pyridine rings is 1. The van der Waals surface area contributed by atoms with Crippen LogP contribution >= 0.6 is 0 Å². The number of fused-ring (bicyclic) bond motifs is 1. The molecule has 0 atom stereocenters. The van der Waals surface area contributed by atoms with Crippen molar-refractivity contribution in [3.05, 3.63) is 40.6 Å². The second-order valence-electron chi connectivity index (χ2n) is 3.25. The molecule has 2 rings (SSSR count). The van der Waals surface area contributed by atoms with Crippen LogP contribution in [0.25, 0.3) is 10.9 Å². The van der Waals surface area contributed by atoms with Crippen LogP contribution < -0.4 is 0 Å². The van der Waals surface area contributed by atoms with E-state index in [2.05, 4.69) is 4.98 Å². The van der Waals surface area contributed by atoms with Crippen molar-refractivity contribution in [2.75, 3.05) is 0 Å². The molecule has 1 aromatic carbocycles. The molecule has 1 heterocycles. The largest absolute Gasteiger partial charge is 0.235 e. The summed E-state index contributed by atoms with van der Waals surface area (Å²) in [5.74, 6) is -6.64. The lowest BCUT2D eigenvalue weighted by Gasteiger charge is -2.05. The zero-order valence-electron chi connectivity index (χ0n) is 8.43. The summed E-state index contributed by atoms with van der Waals surface area (Å²) in [5, 5.41) is 16.3. The summed E-state index contributed by atoms with van der Waals surface area (Å²) < 4.78 is 53.0. The SMILES string of the molecule is N#Cc1nc2cc(F)c(F)c(F)c2c(F)c1C#N. The first kappa shape index (κ1) is 11.8. The van der Waals surface area contributed by atoms with Crippen molar-refractivity contribution in [1.29, 1.82) is 10.5 Å². The van der Waals surface area contributed by atoms with Gasteiger partial charge < -0.3 is 0 Å². The number of benzene rings is 1. The van der Waals surface area contributed by atoms with E-state index in [0.717, 1.165) is 0 Å². The van der Waals surface area contributed by atoms with Gasteiger partial charge in [0, 0.05) is 6.07 Å². The van der Waals surface area contributed by atoms with Crippen molar-refractivity contribution in [2.24, 2.45) is 0 Å². The van der Waals surface area contributed by atoms with Gasteiger partial charge in [0.05, 0.1) is 10.9 Å². The lowest BCUT2D eigenvalue weighted by Crippen LogP contribution is -2.02. The Labute approximate surface area is 97.5 Å². The number of rotatable bonds is 0. The molecule has 0 radical (unpaired) electrons. The molecule has 1 aromatic heterocycles. The summed E-state index contributed by atoms with van der Waals surface area (Å²) in [4.78, 5) is 3.42. The number of aromatic nitrogens is 1. The second kappa shape index (κ2) is 3.97. The highest BCUT2D eigenvalue weighted by Crippen LogP contribution is 2.27. The van der Waals surface area contributed by atoms with E-state index in [-0.39, 0.29) is 0 Å². The molecule has 0 aliphatic carbocycles. The van der Waals surface area contributed by atoms with Gasteiger partial charge in [-0.25, -0.2) is 22.5 Å². The van der Waals surface area contributed by atoms with E-state index in [9.17, 15) is 17.6 Å². The standard InChI is InChI=1S/C11HF4N3/c12-5-1-6-8(11(15)10(5)14)9(13)4(2-16)7(3-17)18-6/h1H. The lowest BCUT2D eigenvalue weighted by molar-refractivity contribution is 0.451. The first-order valence-corrected chi connectivity index (χ1v) is 4.48. The number of hydrogen-bond donors (Lipinski definition) is 0. The van der Waals surface area contributed by atoms with E-state index in [1.54, 1.807) is 0 Å². The van der Waals surface area contributed by atoms with Gasteiger partial charge in [0.1, 0.15) is 17.7 Å². The monoisotopic (exact) mass is 251 g/mol. The van der Waals surface area contributed by atoms with Gasteiger partial charge in [-0.05, 0) is 0 Å². The van der Waals surface area contributed by atoms with Gasteiger partial charge in [-0.1, -0.05) is 0 Å². The quantitative estimate of drug-likeness (QED) is 0.534. The Bertz CT molecular complexity index is 756. The summed E-state index contributed by atoms with van der Waals surface area (Å²) in [5.41, 5.74) is -2.00. The van der Waals surface area contributed by atoms with Crippen LogP contribution in [0.4, 0.5) is 17.6 Å². The summed E-state index contributed by atoms with van der Waals surface area (Å²) in [7, 11) is 0. The number of nitrogens with zero attached hydrogens (tertiary/aromatic N) is 3. The summed E-state index contributed by atoms with van der Waals surface area (Å²) in [6.45, 7) is 0. The van der Waals surface area contributed by atoms with Crippen LogP contribution in [0.5, 0.6) is 0 Å². The van der Waals surface area contributed by atoms with Gasteiger partial charge in [-0.2, -0.15) is 10.5 Å². The third-order valence-corrected chi connectivity index (χ3v) is 2.27. The molecule has 0 aliphatic rings. The average molecular weight is 251 g/mol. The first-order chi connectivity index (χ1) is 8.51. The van der Waals surface area contributed by atoms with Crippen LogP contribution in [-0.2, 0) is 0 Å². The number of halogens is 4. The van der Waals surface area contributed by atoms with Gasteiger partial charge in [0.2, 0.25) is 0 Å². The van der Waals surface area contributed by atoms with Crippen LogP contribution in [0.3, 0.4) is 0 Å². The molecule has 3 nitrogen and oxygen atoms in total. The van der Waals surface area contributed by atoms with E-state index < -0.39 is 45.4 Å². The van der Waals surface area contributed by atoms with Gasteiger partial charge >= 0.3 is 0 Å². The summed E-state index contributed by atoms with van der Waals surface area (Å²) in [6.07, 6.45) is 0. The number of nitriles is 2. The molecule has 18 heavy (non-hydrogen) atoms. The average Bonchev–Trinajstić information content (AvgIpc) is 2.35. The van der Waals surface area contributed by atoms with E-state index >= 15 is 0 Å². The Balaban J connectivity index is 3.08. The van der Waals surface area contributed by atoms with E-state index in [1.807, 2.05) is 0 Å². The molecule has 7 heteroatoms. The smallest absolute Gasteiger partial charge is 0.195 e. The summed E-state index contributed by atoms with van der Waals surface area (Å²) >= 11 is 0. The molecule has 0 unspecified atom stereocenters. The number of hydrogen-bond acceptors (Lipinski definition) is 3. The fourth-order valence-electron chi connectivity index (χ4n) is 1.47. The van der Waals surface area contributed by atoms with Gasteiger partial charge in [-0.15, -0.1) is 0 Å². The molecular weight excluding hydrogens is 250 g/mol. The first-order valence-electron chi connectivity index (χ1n) is 4.48. The zero-order valence-corrected chi connectivity index (χ0v) is 8.43. The van der Waals surface area contributed by atoms with Crippen LogP contribution in [0.2, 0.25) is 0 Å². The van der Waals surface area contributed by atoms with Crippen molar-refractivity contribution in [1.82, 2.24) is 4.98 Å². The Morgan fingerprint density at radius 1 is 0.944 bits per heavy atom. The van der Waals surface area contributed by atoms with Crippen molar-refractivity contribution < 1.29 is 17.6 Å². The second-order valence-corrected chi connectivity index (χ2v) is 3.25. The molecule has 2 aromatic rings. The van der Waals surface area contributed by atoms with Gasteiger partial charge in [0.25, 0.3) is 0 Å². The molecular formula is C11HF4N3. The normalized spacial score (nSPS) is 10.1. The third-order valence-electron chi connectivity index (χ3n) is 2.27. The molecule has 0 saturated heterocycles. The van der Waals surface area contributed by atoms with Crippen molar-refractivity contribution in [2.45, 2.75) is 0 Å².